The number of carbonyl (C=O) groups excluding carboxylic acids is 1. The predicted octanol–water partition coefficient (Wildman–Crippen LogP) is 2.73. The Hall–Kier alpha value is -1.89. The third-order valence-electron chi connectivity index (χ3n) is 4.08. The van der Waals surface area contributed by atoms with Gasteiger partial charge in [-0.25, -0.2) is 8.42 Å². The van der Waals surface area contributed by atoms with Crippen molar-refractivity contribution >= 4 is 33.2 Å². The molecule has 1 fully saturated rings. The first kappa shape index (κ1) is 17.0. The zero-order chi connectivity index (χ0) is 17.3. The molecule has 0 radical (unpaired) electrons. The van der Waals surface area contributed by atoms with Gasteiger partial charge in [-0.2, -0.15) is 4.72 Å². The number of anilines is 1. The van der Waals surface area contributed by atoms with Crippen molar-refractivity contribution in [3.63, 3.8) is 0 Å². The van der Waals surface area contributed by atoms with Crippen LogP contribution in [0.1, 0.15) is 12.0 Å². The lowest BCUT2D eigenvalue weighted by atomic mass is 10.2. The third kappa shape index (κ3) is 3.17. The fourth-order valence-corrected chi connectivity index (χ4v) is 4.50. The topological polar surface area (TPSA) is 66.5 Å². The van der Waals surface area contributed by atoms with Crippen LogP contribution in [-0.2, 0) is 14.8 Å². The number of hydrogen-bond donors (Lipinski definition) is 1. The second kappa shape index (κ2) is 6.55. The van der Waals surface area contributed by atoms with Gasteiger partial charge in [0.25, 0.3) is 0 Å². The smallest absolute Gasteiger partial charge is 0.245 e. The zero-order valence-corrected chi connectivity index (χ0v) is 14.6. The zero-order valence-electron chi connectivity index (χ0n) is 13.1. The summed E-state index contributed by atoms with van der Waals surface area (Å²) in [6.45, 7) is 2.12. The minimum absolute atomic E-state index is 0.0981. The normalized spacial score (nSPS) is 18.2. The van der Waals surface area contributed by atoms with Gasteiger partial charge in [-0.15, -0.1) is 0 Å². The monoisotopic (exact) mass is 364 g/mol. The van der Waals surface area contributed by atoms with E-state index in [1.54, 1.807) is 24.0 Å². The van der Waals surface area contributed by atoms with E-state index in [9.17, 15) is 13.2 Å². The van der Waals surface area contributed by atoms with Crippen molar-refractivity contribution in [2.75, 3.05) is 11.4 Å². The maximum atomic E-state index is 12.6. The molecule has 1 aliphatic rings. The maximum Gasteiger partial charge on any atom is 0.245 e. The molecular weight excluding hydrogens is 348 g/mol. The molecule has 1 amide bonds. The Morgan fingerprint density at radius 3 is 2.54 bits per heavy atom. The Balaban J connectivity index is 1.82. The molecule has 1 saturated heterocycles. The van der Waals surface area contributed by atoms with Crippen molar-refractivity contribution in [3.05, 3.63) is 59.1 Å². The van der Waals surface area contributed by atoms with Crippen LogP contribution in [0.4, 0.5) is 5.69 Å². The lowest BCUT2D eigenvalue weighted by Crippen LogP contribution is -2.41. The molecule has 1 atom stereocenters. The lowest BCUT2D eigenvalue weighted by molar-refractivity contribution is -0.118. The van der Waals surface area contributed by atoms with Crippen LogP contribution < -0.4 is 9.62 Å². The summed E-state index contributed by atoms with van der Waals surface area (Å²) in [5.74, 6) is -0.246. The van der Waals surface area contributed by atoms with E-state index in [0.29, 0.717) is 23.6 Å². The molecule has 1 N–H and O–H groups in total. The fraction of sp³-hybridized carbons (Fsp3) is 0.235. The maximum absolute atomic E-state index is 12.6. The van der Waals surface area contributed by atoms with Crippen molar-refractivity contribution in [3.8, 4) is 0 Å². The van der Waals surface area contributed by atoms with E-state index >= 15 is 0 Å². The first-order chi connectivity index (χ1) is 11.4. The van der Waals surface area contributed by atoms with Crippen LogP contribution in [0.2, 0.25) is 5.02 Å². The average Bonchev–Trinajstić information content (AvgIpc) is 2.91. The van der Waals surface area contributed by atoms with Crippen molar-refractivity contribution in [2.45, 2.75) is 24.3 Å². The van der Waals surface area contributed by atoms with Crippen LogP contribution in [0.15, 0.2) is 53.4 Å². The molecule has 1 aliphatic heterocycles. The average molecular weight is 365 g/mol. The van der Waals surface area contributed by atoms with Crippen LogP contribution in [0.25, 0.3) is 0 Å². The van der Waals surface area contributed by atoms with Gasteiger partial charge in [0, 0.05) is 17.3 Å². The van der Waals surface area contributed by atoms with Crippen LogP contribution >= 0.6 is 11.6 Å². The Bertz CT molecular complexity index is 869. The number of nitrogens with one attached hydrogen (secondary N) is 1. The molecule has 7 heteroatoms. The van der Waals surface area contributed by atoms with E-state index in [0.717, 1.165) is 5.69 Å². The lowest BCUT2D eigenvalue weighted by Gasteiger charge is -2.17. The molecule has 126 valence electrons. The summed E-state index contributed by atoms with van der Waals surface area (Å²) >= 11 is 6.00. The van der Waals surface area contributed by atoms with E-state index in [1.165, 1.54) is 6.07 Å². The van der Waals surface area contributed by atoms with E-state index in [4.69, 9.17) is 11.6 Å². The molecule has 0 aliphatic carbocycles. The van der Waals surface area contributed by atoms with Crippen LogP contribution in [0.5, 0.6) is 0 Å². The highest BCUT2D eigenvalue weighted by atomic mass is 35.5. The van der Waals surface area contributed by atoms with Gasteiger partial charge in [0.15, 0.2) is 0 Å². The summed E-state index contributed by atoms with van der Waals surface area (Å²) in [7, 11) is -3.82. The Morgan fingerprint density at radius 1 is 1.12 bits per heavy atom. The van der Waals surface area contributed by atoms with E-state index in [-0.39, 0.29) is 10.8 Å². The Labute approximate surface area is 146 Å². The van der Waals surface area contributed by atoms with E-state index in [1.807, 2.05) is 30.3 Å². The number of halogens is 1. The van der Waals surface area contributed by atoms with Gasteiger partial charge < -0.3 is 4.90 Å². The van der Waals surface area contributed by atoms with Gasteiger partial charge >= 0.3 is 0 Å². The van der Waals surface area contributed by atoms with Gasteiger partial charge in [0.2, 0.25) is 15.9 Å². The Kier molecular flexibility index (Phi) is 4.62. The number of benzene rings is 2. The number of para-hydroxylation sites is 1. The summed E-state index contributed by atoms with van der Waals surface area (Å²) < 4.78 is 27.7. The first-order valence-electron chi connectivity index (χ1n) is 7.54. The van der Waals surface area contributed by atoms with Gasteiger partial charge in [-0.3, -0.25) is 4.79 Å². The van der Waals surface area contributed by atoms with Gasteiger partial charge in [-0.05, 0) is 43.2 Å². The summed E-state index contributed by atoms with van der Waals surface area (Å²) in [6.07, 6.45) is 0.423. The highest BCUT2D eigenvalue weighted by Crippen LogP contribution is 2.25. The molecule has 0 bridgehead atoms. The molecule has 1 heterocycles. The largest absolute Gasteiger partial charge is 0.311 e. The highest BCUT2D eigenvalue weighted by Gasteiger charge is 2.36. The predicted molar refractivity (Wildman–Crippen MR) is 93.7 cm³/mol. The SMILES string of the molecule is Cc1c(Cl)cccc1S(=O)(=O)N[C@@H]1CCN(c2ccccc2)C1=O. The Morgan fingerprint density at radius 2 is 1.83 bits per heavy atom. The second-order valence-corrected chi connectivity index (χ2v) is 7.74. The van der Waals surface area contributed by atoms with Crippen molar-refractivity contribution in [1.82, 2.24) is 4.72 Å². The number of rotatable bonds is 4. The summed E-state index contributed by atoms with van der Waals surface area (Å²) in [6, 6.07) is 13.1. The van der Waals surface area contributed by atoms with Crippen LogP contribution in [0.3, 0.4) is 0 Å². The molecule has 3 rings (SSSR count). The van der Waals surface area contributed by atoms with Crippen molar-refractivity contribution in [2.24, 2.45) is 0 Å². The van der Waals surface area contributed by atoms with Crippen molar-refractivity contribution in [1.29, 1.82) is 0 Å². The van der Waals surface area contributed by atoms with Crippen LogP contribution in [0, 0.1) is 6.92 Å². The minimum atomic E-state index is -3.82. The second-order valence-electron chi connectivity index (χ2n) is 5.65. The van der Waals surface area contributed by atoms with Crippen LogP contribution in [-0.4, -0.2) is 26.9 Å². The summed E-state index contributed by atoms with van der Waals surface area (Å²) in [5.41, 5.74) is 1.24. The number of nitrogens with zero attached hydrogens (tertiary/aromatic N) is 1. The molecule has 0 saturated carbocycles. The quantitative estimate of drug-likeness (QED) is 0.907. The highest BCUT2D eigenvalue weighted by molar-refractivity contribution is 7.89. The molecule has 0 spiro atoms. The summed E-state index contributed by atoms with van der Waals surface area (Å²) in [4.78, 5) is 14.2. The van der Waals surface area contributed by atoms with E-state index in [2.05, 4.69) is 4.72 Å². The minimum Gasteiger partial charge on any atom is -0.311 e. The molecule has 24 heavy (non-hydrogen) atoms. The summed E-state index contributed by atoms with van der Waals surface area (Å²) in [5, 5.41) is 0.376. The van der Waals surface area contributed by atoms with Crippen molar-refractivity contribution < 1.29 is 13.2 Å². The van der Waals surface area contributed by atoms with Gasteiger partial charge in [0.1, 0.15) is 6.04 Å². The molecule has 2 aromatic rings. The van der Waals surface area contributed by atoms with Gasteiger partial charge in [0.05, 0.1) is 4.90 Å². The number of amides is 1. The first-order valence-corrected chi connectivity index (χ1v) is 9.40. The van der Waals surface area contributed by atoms with Gasteiger partial charge in [-0.1, -0.05) is 35.9 Å². The third-order valence-corrected chi connectivity index (χ3v) is 6.10. The standard InChI is InChI=1S/C17H17ClN2O3S/c1-12-14(18)8-5-9-16(12)24(22,23)19-15-10-11-20(17(15)21)13-6-3-2-4-7-13/h2-9,15,19H,10-11H2,1H3/t15-/m1/s1. The number of carbonyl (C=O) groups is 1. The fourth-order valence-electron chi connectivity index (χ4n) is 2.78. The molecule has 0 unspecified atom stereocenters. The molecule has 5 nitrogen and oxygen atoms in total. The number of sulfonamides is 1. The molecule has 2 aromatic carbocycles. The molecule has 0 aromatic heterocycles. The number of hydrogen-bond acceptors (Lipinski definition) is 3. The molecular formula is C17H17ClN2O3S. The van der Waals surface area contributed by atoms with E-state index < -0.39 is 16.1 Å².